The highest BCUT2D eigenvalue weighted by Gasteiger charge is 2.03. The second-order valence-electron chi connectivity index (χ2n) is 4.53. The fourth-order valence-electron chi connectivity index (χ4n) is 1.22. The number of ether oxygens (including phenoxy) is 1. The minimum absolute atomic E-state index is 0.219. The number of hydrogen-bond donors (Lipinski definition) is 1. The Morgan fingerprint density at radius 2 is 2.06 bits per heavy atom. The first-order valence-corrected chi connectivity index (χ1v) is 6.13. The molecule has 0 heterocycles. The average molecular weight is 234 g/mol. The summed E-state index contributed by atoms with van der Waals surface area (Å²) in [6.07, 6.45) is 1.21. The van der Waals surface area contributed by atoms with Crippen LogP contribution in [0.3, 0.4) is 0 Å². The van der Waals surface area contributed by atoms with Gasteiger partial charge in [0.15, 0.2) is 0 Å². The monoisotopic (exact) mass is 234 g/mol. The van der Waals surface area contributed by atoms with Gasteiger partial charge in [-0.1, -0.05) is 26.8 Å². The molecule has 0 aliphatic heterocycles. The molecular formula is C14H22N2O. The van der Waals surface area contributed by atoms with E-state index in [2.05, 4.69) is 18.8 Å². The zero-order chi connectivity index (χ0) is 12.8. The number of nitrogens with two attached hydrogens (primary N) is 1. The molecular weight excluding hydrogens is 212 g/mol. The molecule has 0 spiro atoms. The molecule has 3 nitrogen and oxygen atoms in total. The summed E-state index contributed by atoms with van der Waals surface area (Å²) in [7, 11) is 0. The highest BCUT2D eigenvalue weighted by atomic mass is 16.5. The van der Waals surface area contributed by atoms with E-state index in [-0.39, 0.29) is 12.0 Å². The summed E-state index contributed by atoms with van der Waals surface area (Å²) in [4.78, 5) is 4.37. The lowest BCUT2D eigenvalue weighted by Crippen LogP contribution is -2.18. The van der Waals surface area contributed by atoms with Gasteiger partial charge in [-0.25, -0.2) is 4.99 Å². The van der Waals surface area contributed by atoms with Crippen LogP contribution in [0.2, 0.25) is 0 Å². The van der Waals surface area contributed by atoms with E-state index in [0.29, 0.717) is 5.84 Å². The molecule has 17 heavy (non-hydrogen) atoms. The van der Waals surface area contributed by atoms with Gasteiger partial charge >= 0.3 is 0 Å². The van der Waals surface area contributed by atoms with Gasteiger partial charge in [-0.2, -0.15) is 0 Å². The number of amidine groups is 1. The molecule has 0 bridgehead atoms. The highest BCUT2D eigenvalue weighted by molar-refractivity contribution is 5.84. The average Bonchev–Trinajstić information content (AvgIpc) is 2.29. The summed E-state index contributed by atoms with van der Waals surface area (Å²) < 4.78 is 5.74. The molecule has 0 saturated carbocycles. The summed E-state index contributed by atoms with van der Waals surface area (Å²) in [6.45, 7) is 8.21. The van der Waals surface area contributed by atoms with Crippen molar-refractivity contribution >= 4 is 11.5 Å². The maximum atomic E-state index is 5.84. The first-order chi connectivity index (χ1) is 8.02. The molecule has 0 fully saturated rings. The smallest absolute Gasteiger partial charge is 0.121 e. The zero-order valence-corrected chi connectivity index (χ0v) is 11.1. The van der Waals surface area contributed by atoms with Crippen LogP contribution in [0, 0.1) is 5.92 Å². The number of benzene rings is 1. The summed E-state index contributed by atoms with van der Waals surface area (Å²) in [5, 5.41) is 0. The van der Waals surface area contributed by atoms with E-state index in [4.69, 9.17) is 10.5 Å². The lowest BCUT2D eigenvalue weighted by atomic mass is 10.2. The topological polar surface area (TPSA) is 47.6 Å². The van der Waals surface area contributed by atoms with E-state index in [9.17, 15) is 0 Å². The predicted molar refractivity (Wildman–Crippen MR) is 72.9 cm³/mol. The van der Waals surface area contributed by atoms with E-state index < -0.39 is 0 Å². The lowest BCUT2D eigenvalue weighted by Gasteiger charge is -2.12. The Hall–Kier alpha value is -1.51. The minimum atomic E-state index is 0.219. The summed E-state index contributed by atoms with van der Waals surface area (Å²) in [5.74, 6) is 1.75. The van der Waals surface area contributed by atoms with Crippen LogP contribution in [-0.2, 0) is 0 Å². The Labute approximate surface area is 104 Å². The fraction of sp³-hybridized carbons (Fsp3) is 0.500. The molecule has 0 radical (unpaired) electrons. The van der Waals surface area contributed by atoms with Crippen LogP contribution >= 0.6 is 0 Å². The first kappa shape index (κ1) is 13.6. The van der Waals surface area contributed by atoms with Crippen LogP contribution in [0.4, 0.5) is 5.69 Å². The van der Waals surface area contributed by atoms with E-state index in [1.807, 2.05) is 38.1 Å². The van der Waals surface area contributed by atoms with Gasteiger partial charge in [0.1, 0.15) is 11.6 Å². The van der Waals surface area contributed by atoms with Crippen molar-refractivity contribution in [2.24, 2.45) is 16.6 Å². The third-order valence-corrected chi connectivity index (χ3v) is 2.58. The molecule has 94 valence electrons. The quantitative estimate of drug-likeness (QED) is 0.626. The maximum absolute atomic E-state index is 5.84. The molecule has 1 aromatic carbocycles. The van der Waals surface area contributed by atoms with Crippen molar-refractivity contribution in [2.75, 3.05) is 0 Å². The van der Waals surface area contributed by atoms with Crippen LogP contribution in [0.5, 0.6) is 5.75 Å². The van der Waals surface area contributed by atoms with E-state index in [1.54, 1.807) is 0 Å². The Morgan fingerprint density at radius 3 is 2.65 bits per heavy atom. The van der Waals surface area contributed by atoms with Crippen molar-refractivity contribution in [3.05, 3.63) is 24.3 Å². The molecule has 1 aromatic rings. The molecule has 3 heteroatoms. The predicted octanol–water partition coefficient (Wildman–Crippen LogP) is 3.51. The zero-order valence-electron chi connectivity index (χ0n) is 11.1. The Balaban J connectivity index is 2.82. The van der Waals surface area contributed by atoms with Crippen LogP contribution in [0.15, 0.2) is 29.3 Å². The first-order valence-electron chi connectivity index (χ1n) is 6.13. The van der Waals surface area contributed by atoms with Crippen LogP contribution < -0.4 is 10.5 Å². The van der Waals surface area contributed by atoms with Crippen LogP contribution in [0.1, 0.15) is 34.1 Å². The number of rotatable bonds is 5. The third kappa shape index (κ3) is 4.47. The summed E-state index contributed by atoms with van der Waals surface area (Å²) >= 11 is 0. The summed E-state index contributed by atoms with van der Waals surface area (Å²) in [5.41, 5.74) is 6.68. The van der Waals surface area contributed by atoms with Gasteiger partial charge in [-0.3, -0.25) is 0 Å². The van der Waals surface area contributed by atoms with Crippen molar-refractivity contribution in [1.82, 2.24) is 0 Å². The van der Waals surface area contributed by atoms with Gasteiger partial charge in [0.2, 0.25) is 0 Å². The van der Waals surface area contributed by atoms with Crippen molar-refractivity contribution < 1.29 is 4.74 Å². The molecule has 1 rings (SSSR count). The third-order valence-electron chi connectivity index (χ3n) is 2.58. The number of aliphatic imine (C=N–C) groups is 1. The van der Waals surface area contributed by atoms with Gasteiger partial charge in [-0.15, -0.1) is 0 Å². The SMILES string of the molecule is CCC(C)Oc1cccc(N=C(N)C(C)C)c1. The fourth-order valence-corrected chi connectivity index (χ4v) is 1.22. The Kier molecular flexibility index (Phi) is 5.01. The van der Waals surface area contributed by atoms with Crippen molar-refractivity contribution in [1.29, 1.82) is 0 Å². The van der Waals surface area contributed by atoms with Gasteiger partial charge in [0.05, 0.1) is 11.8 Å². The number of nitrogens with zero attached hydrogens (tertiary/aromatic N) is 1. The normalized spacial score (nSPS) is 13.8. The van der Waals surface area contributed by atoms with E-state index >= 15 is 0 Å². The van der Waals surface area contributed by atoms with Crippen molar-refractivity contribution in [2.45, 2.75) is 40.2 Å². The molecule has 1 unspecified atom stereocenters. The highest BCUT2D eigenvalue weighted by Crippen LogP contribution is 2.21. The van der Waals surface area contributed by atoms with Gasteiger partial charge in [0, 0.05) is 12.0 Å². The lowest BCUT2D eigenvalue weighted by molar-refractivity contribution is 0.217. The maximum Gasteiger partial charge on any atom is 0.121 e. The van der Waals surface area contributed by atoms with Gasteiger partial charge in [-0.05, 0) is 25.5 Å². The molecule has 1 atom stereocenters. The Bertz CT molecular complexity index is 386. The van der Waals surface area contributed by atoms with Crippen molar-refractivity contribution in [3.63, 3.8) is 0 Å². The van der Waals surface area contributed by atoms with Crippen LogP contribution in [0.25, 0.3) is 0 Å². The minimum Gasteiger partial charge on any atom is -0.491 e. The van der Waals surface area contributed by atoms with Gasteiger partial charge < -0.3 is 10.5 Å². The molecule has 0 aliphatic rings. The van der Waals surface area contributed by atoms with Crippen LogP contribution in [-0.4, -0.2) is 11.9 Å². The molecule has 0 aromatic heterocycles. The summed E-state index contributed by atoms with van der Waals surface area (Å²) in [6, 6.07) is 7.72. The second kappa shape index (κ2) is 6.28. The number of hydrogen-bond acceptors (Lipinski definition) is 2. The van der Waals surface area contributed by atoms with E-state index in [0.717, 1.165) is 17.9 Å². The molecule has 0 amide bonds. The van der Waals surface area contributed by atoms with Crippen molar-refractivity contribution in [3.8, 4) is 5.75 Å². The molecule has 0 aliphatic carbocycles. The second-order valence-corrected chi connectivity index (χ2v) is 4.53. The Morgan fingerprint density at radius 1 is 1.35 bits per heavy atom. The standard InChI is InChI=1S/C14H22N2O/c1-5-11(4)17-13-8-6-7-12(9-13)16-14(15)10(2)3/h6-11H,5H2,1-4H3,(H2,15,16). The van der Waals surface area contributed by atoms with Gasteiger partial charge in [0.25, 0.3) is 0 Å². The molecule has 0 saturated heterocycles. The van der Waals surface area contributed by atoms with E-state index in [1.165, 1.54) is 0 Å². The molecule has 2 N–H and O–H groups in total. The largest absolute Gasteiger partial charge is 0.491 e.